The first-order valence-corrected chi connectivity index (χ1v) is 9.06. The van der Waals surface area contributed by atoms with E-state index in [9.17, 15) is 9.59 Å². The van der Waals surface area contributed by atoms with Crippen LogP contribution in [0.2, 0.25) is 0 Å². The summed E-state index contributed by atoms with van der Waals surface area (Å²) in [6, 6.07) is 15.2. The van der Waals surface area contributed by atoms with Gasteiger partial charge in [0.1, 0.15) is 5.75 Å². The van der Waals surface area contributed by atoms with Gasteiger partial charge in [-0.15, -0.1) is 0 Å². The number of nitrogens with zero attached hydrogens (tertiary/aromatic N) is 1. The largest absolute Gasteiger partial charge is 0.426 e. The normalized spacial score (nSPS) is 11.6. The zero-order valence-corrected chi connectivity index (χ0v) is 15.4. The lowest BCUT2D eigenvalue weighted by Crippen LogP contribution is -2.18. The predicted octanol–water partition coefficient (Wildman–Crippen LogP) is 4.36. The van der Waals surface area contributed by atoms with Gasteiger partial charge < -0.3 is 4.74 Å². The second kappa shape index (κ2) is 6.84. The van der Waals surface area contributed by atoms with Gasteiger partial charge in [-0.2, -0.15) is 0 Å². The molecule has 130 valence electrons. The molecule has 0 amide bonds. The zero-order valence-electron chi connectivity index (χ0n) is 14.6. The van der Waals surface area contributed by atoms with Crippen LogP contribution in [0, 0.1) is 0 Å². The Hall–Kier alpha value is -2.40. The lowest BCUT2D eigenvalue weighted by atomic mass is 9.87. The lowest BCUT2D eigenvalue weighted by Gasteiger charge is -2.19. The summed E-state index contributed by atoms with van der Waals surface area (Å²) in [7, 11) is 0. The van der Waals surface area contributed by atoms with Crippen LogP contribution < -0.4 is 9.61 Å². The van der Waals surface area contributed by atoms with E-state index >= 15 is 0 Å². The average Bonchev–Trinajstić information content (AvgIpc) is 2.88. The number of esters is 1. The second-order valence-electron chi connectivity index (χ2n) is 6.99. The van der Waals surface area contributed by atoms with Crippen molar-refractivity contribution in [2.24, 2.45) is 0 Å². The van der Waals surface area contributed by atoms with Crippen molar-refractivity contribution >= 4 is 27.5 Å². The first kappa shape index (κ1) is 17.4. The summed E-state index contributed by atoms with van der Waals surface area (Å²) in [5.41, 5.74) is 2.10. The third-order valence-electron chi connectivity index (χ3n) is 4.07. The molecule has 0 saturated heterocycles. The smallest absolute Gasteiger partial charge is 0.312 e. The van der Waals surface area contributed by atoms with Gasteiger partial charge >= 0.3 is 10.8 Å². The molecule has 0 aliphatic heterocycles. The van der Waals surface area contributed by atoms with Crippen LogP contribution in [0.5, 0.6) is 5.75 Å². The number of benzene rings is 2. The number of hydrogen-bond acceptors (Lipinski definition) is 4. The third-order valence-corrected chi connectivity index (χ3v) is 5.03. The molecule has 0 unspecified atom stereocenters. The summed E-state index contributed by atoms with van der Waals surface area (Å²) in [5.74, 6) is 0.186. The molecule has 1 aromatic heterocycles. The SMILES string of the molecule is CC(C)(C)c1ccc(OC(=O)CCn2c(=O)sc3ccccc32)cc1. The number of fused-ring (bicyclic) bond motifs is 1. The molecule has 0 N–H and O–H groups in total. The molecule has 4 nitrogen and oxygen atoms in total. The first-order chi connectivity index (χ1) is 11.8. The average molecular weight is 355 g/mol. The van der Waals surface area contributed by atoms with Gasteiger partial charge in [0.15, 0.2) is 0 Å². The minimum Gasteiger partial charge on any atom is -0.426 e. The minimum absolute atomic E-state index is 0.0523. The van der Waals surface area contributed by atoms with Crippen molar-refractivity contribution in [3.63, 3.8) is 0 Å². The molecular formula is C20H21NO3S. The van der Waals surface area contributed by atoms with Crippen LogP contribution in [0.25, 0.3) is 10.2 Å². The molecule has 2 aromatic carbocycles. The van der Waals surface area contributed by atoms with E-state index in [1.807, 2.05) is 48.5 Å². The highest BCUT2D eigenvalue weighted by Crippen LogP contribution is 2.24. The Morgan fingerprint density at radius 3 is 2.44 bits per heavy atom. The molecule has 0 fully saturated rings. The number of rotatable bonds is 4. The maximum atomic E-state index is 12.1. The topological polar surface area (TPSA) is 48.3 Å². The summed E-state index contributed by atoms with van der Waals surface area (Å²) in [6.07, 6.45) is 0.154. The number of hydrogen-bond donors (Lipinski definition) is 0. The Bertz CT molecular complexity index is 945. The molecule has 0 bridgehead atoms. The highest BCUT2D eigenvalue weighted by atomic mass is 32.1. The second-order valence-corrected chi connectivity index (χ2v) is 7.98. The third kappa shape index (κ3) is 3.99. The molecule has 25 heavy (non-hydrogen) atoms. The lowest BCUT2D eigenvalue weighted by molar-refractivity contribution is -0.134. The van der Waals surface area contributed by atoms with Crippen molar-refractivity contribution in [3.8, 4) is 5.75 Å². The van der Waals surface area contributed by atoms with E-state index < -0.39 is 0 Å². The molecule has 0 radical (unpaired) electrons. The molecule has 0 spiro atoms. The van der Waals surface area contributed by atoms with E-state index in [2.05, 4.69) is 20.8 Å². The maximum absolute atomic E-state index is 12.1. The maximum Gasteiger partial charge on any atom is 0.312 e. The molecule has 0 aliphatic rings. The Morgan fingerprint density at radius 1 is 1.08 bits per heavy atom. The monoisotopic (exact) mass is 355 g/mol. The van der Waals surface area contributed by atoms with Gasteiger partial charge in [0, 0.05) is 6.54 Å². The number of carbonyl (C=O) groups is 1. The fourth-order valence-electron chi connectivity index (χ4n) is 2.63. The number of aromatic nitrogens is 1. The van der Waals surface area contributed by atoms with E-state index in [0.717, 1.165) is 10.2 Å². The van der Waals surface area contributed by atoms with Crippen LogP contribution in [0.15, 0.2) is 53.3 Å². The van der Waals surface area contributed by atoms with E-state index in [1.54, 1.807) is 4.57 Å². The van der Waals surface area contributed by atoms with Crippen LogP contribution in [-0.4, -0.2) is 10.5 Å². The molecule has 0 saturated carbocycles. The summed E-state index contributed by atoms with van der Waals surface area (Å²) >= 11 is 1.19. The Morgan fingerprint density at radius 2 is 1.76 bits per heavy atom. The zero-order chi connectivity index (χ0) is 18.0. The summed E-state index contributed by atoms with van der Waals surface area (Å²) in [5, 5.41) is 0. The van der Waals surface area contributed by atoms with E-state index in [-0.39, 0.29) is 22.7 Å². The molecule has 3 aromatic rings. The quantitative estimate of drug-likeness (QED) is 0.516. The number of ether oxygens (including phenoxy) is 1. The molecule has 1 heterocycles. The van der Waals surface area contributed by atoms with Gasteiger partial charge in [-0.05, 0) is 35.2 Å². The van der Waals surface area contributed by atoms with Gasteiger partial charge in [-0.3, -0.25) is 14.2 Å². The van der Waals surface area contributed by atoms with Crippen molar-refractivity contribution < 1.29 is 9.53 Å². The minimum atomic E-state index is -0.342. The summed E-state index contributed by atoms with van der Waals surface area (Å²) < 4.78 is 7.94. The predicted molar refractivity (Wildman–Crippen MR) is 101 cm³/mol. The number of carbonyl (C=O) groups excluding carboxylic acids is 1. The Kier molecular flexibility index (Phi) is 4.77. The van der Waals surface area contributed by atoms with Crippen LogP contribution in [0.1, 0.15) is 32.8 Å². The van der Waals surface area contributed by atoms with Crippen LogP contribution in [0.4, 0.5) is 0 Å². The molecule has 0 atom stereocenters. The molecule has 0 aliphatic carbocycles. The van der Waals surface area contributed by atoms with Gasteiger partial charge in [0.25, 0.3) is 0 Å². The molecular weight excluding hydrogens is 334 g/mol. The Labute approximate surface area is 150 Å². The first-order valence-electron chi connectivity index (χ1n) is 8.24. The fraction of sp³-hybridized carbons (Fsp3) is 0.300. The number of aryl methyl sites for hydroxylation is 1. The van der Waals surface area contributed by atoms with Crippen LogP contribution >= 0.6 is 11.3 Å². The van der Waals surface area contributed by atoms with Gasteiger partial charge in [-0.25, -0.2) is 0 Å². The standard InChI is InChI=1S/C20H21NO3S/c1-20(2,3)14-8-10-15(11-9-14)24-18(22)12-13-21-16-6-4-5-7-17(16)25-19(21)23/h4-11H,12-13H2,1-3H3. The highest BCUT2D eigenvalue weighted by molar-refractivity contribution is 7.16. The Balaban J connectivity index is 1.65. The van der Waals surface area contributed by atoms with Crippen molar-refractivity contribution in [2.45, 2.75) is 39.2 Å². The number of para-hydroxylation sites is 1. The van der Waals surface area contributed by atoms with Crippen LogP contribution in [0.3, 0.4) is 0 Å². The highest BCUT2D eigenvalue weighted by Gasteiger charge is 2.14. The number of thiazole rings is 1. The van der Waals surface area contributed by atoms with Gasteiger partial charge in [0.05, 0.1) is 16.6 Å². The van der Waals surface area contributed by atoms with Gasteiger partial charge in [-0.1, -0.05) is 56.4 Å². The fourth-order valence-corrected chi connectivity index (χ4v) is 3.55. The van der Waals surface area contributed by atoms with Crippen molar-refractivity contribution in [1.29, 1.82) is 0 Å². The van der Waals surface area contributed by atoms with Crippen molar-refractivity contribution in [2.75, 3.05) is 0 Å². The van der Waals surface area contributed by atoms with E-state index in [1.165, 1.54) is 16.9 Å². The summed E-state index contributed by atoms with van der Waals surface area (Å²) in [6.45, 7) is 6.73. The van der Waals surface area contributed by atoms with E-state index in [4.69, 9.17) is 4.74 Å². The van der Waals surface area contributed by atoms with E-state index in [0.29, 0.717) is 12.3 Å². The van der Waals surface area contributed by atoms with Crippen molar-refractivity contribution in [1.82, 2.24) is 4.57 Å². The van der Waals surface area contributed by atoms with Crippen LogP contribution in [-0.2, 0) is 16.8 Å². The van der Waals surface area contributed by atoms with Gasteiger partial charge in [0.2, 0.25) is 0 Å². The summed E-state index contributed by atoms with van der Waals surface area (Å²) in [4.78, 5) is 24.1. The molecule has 5 heteroatoms. The van der Waals surface area contributed by atoms with Crippen molar-refractivity contribution in [3.05, 3.63) is 63.8 Å². The molecule has 3 rings (SSSR count).